The third-order valence-corrected chi connectivity index (χ3v) is 6.79. The molecule has 0 aromatic carbocycles. The topological polar surface area (TPSA) is 141 Å². The molecule has 1 aliphatic rings. The van der Waals surface area contributed by atoms with Crippen molar-refractivity contribution in [3.63, 3.8) is 0 Å². The maximum absolute atomic E-state index is 12.6. The summed E-state index contributed by atoms with van der Waals surface area (Å²) in [5.41, 5.74) is 1.73. The molecule has 11 nitrogen and oxygen atoms in total. The molecule has 40 heavy (non-hydrogen) atoms. The molecule has 3 aromatic heterocycles. The van der Waals surface area contributed by atoms with Crippen molar-refractivity contribution in [2.24, 2.45) is 4.99 Å². The summed E-state index contributed by atoms with van der Waals surface area (Å²) in [5, 5.41) is 27.1. The molecule has 2 N–H and O–H groups in total. The summed E-state index contributed by atoms with van der Waals surface area (Å²) in [4.78, 5) is 26.9. The maximum Gasteiger partial charge on any atom is 0.270 e. The number of fused-ring (bicyclic) bond motifs is 1. The number of aliphatic imine (C=N–C) groups is 1. The van der Waals surface area contributed by atoms with Crippen LogP contribution >= 0.6 is 0 Å². The smallest absolute Gasteiger partial charge is 0.270 e. The molecule has 1 saturated heterocycles. The van der Waals surface area contributed by atoms with Crippen molar-refractivity contribution in [3.05, 3.63) is 71.8 Å². The van der Waals surface area contributed by atoms with Crippen LogP contribution < -0.4 is 10.1 Å². The van der Waals surface area contributed by atoms with E-state index in [0.29, 0.717) is 41.4 Å². The molecule has 1 aliphatic heterocycles. The standard InChI is InChI=1S/C29H34N8O3/c1-20(23-14-22(40-18-28(2,3)39)17-37-26(23)21(15-30)16-34-37)6-7-25(31-5)36-12-9-29(4,10-13-36)35-27(38)24-8-11-32-19-33-24/h6-8,11,14,16-17,19,39H,5,9-10,12-13,18H2,1-4H3,(H,35,38)/b20-6+,25-7+. The molecule has 4 rings (SSSR count). The largest absolute Gasteiger partial charge is 0.489 e. The zero-order valence-corrected chi connectivity index (χ0v) is 23.3. The van der Waals surface area contributed by atoms with Crippen molar-refractivity contribution in [1.29, 1.82) is 5.26 Å². The molecule has 0 unspecified atom stereocenters. The molecule has 3 aromatic rings. The van der Waals surface area contributed by atoms with Crippen molar-refractivity contribution in [3.8, 4) is 11.8 Å². The lowest BCUT2D eigenvalue weighted by Crippen LogP contribution is -2.53. The van der Waals surface area contributed by atoms with E-state index < -0.39 is 5.60 Å². The molecule has 4 heterocycles. The van der Waals surface area contributed by atoms with E-state index in [1.165, 1.54) is 12.5 Å². The molecular formula is C29H34N8O3. The Balaban J connectivity index is 1.52. The third-order valence-electron chi connectivity index (χ3n) is 6.79. The number of piperidine rings is 1. The molecule has 0 atom stereocenters. The van der Waals surface area contributed by atoms with Gasteiger partial charge in [0.2, 0.25) is 0 Å². The van der Waals surface area contributed by atoms with Crippen LogP contribution in [-0.4, -0.2) is 73.0 Å². The van der Waals surface area contributed by atoms with Crippen LogP contribution in [0.5, 0.6) is 5.75 Å². The first kappa shape index (κ1) is 28.4. The molecule has 0 aliphatic carbocycles. The highest BCUT2D eigenvalue weighted by atomic mass is 16.5. The molecule has 208 valence electrons. The lowest BCUT2D eigenvalue weighted by Gasteiger charge is -2.40. The number of nitrogens with one attached hydrogen (secondary N) is 1. The minimum atomic E-state index is -1.00. The van der Waals surface area contributed by atoms with Gasteiger partial charge in [-0.1, -0.05) is 6.08 Å². The van der Waals surface area contributed by atoms with Crippen LogP contribution in [0.1, 0.15) is 62.2 Å². The summed E-state index contributed by atoms with van der Waals surface area (Å²) >= 11 is 0. The summed E-state index contributed by atoms with van der Waals surface area (Å²) in [7, 11) is 0. The highest BCUT2D eigenvalue weighted by Gasteiger charge is 2.32. The lowest BCUT2D eigenvalue weighted by molar-refractivity contribution is 0.0283. The first-order valence-corrected chi connectivity index (χ1v) is 13.0. The highest BCUT2D eigenvalue weighted by Crippen LogP contribution is 2.29. The van der Waals surface area contributed by atoms with Crippen LogP contribution in [0.3, 0.4) is 0 Å². The van der Waals surface area contributed by atoms with Gasteiger partial charge in [0.25, 0.3) is 5.91 Å². The fourth-order valence-electron chi connectivity index (χ4n) is 4.48. The summed E-state index contributed by atoms with van der Waals surface area (Å²) in [6.07, 6.45) is 11.4. The van der Waals surface area contributed by atoms with Crippen LogP contribution in [0.4, 0.5) is 0 Å². The number of nitrogens with zero attached hydrogens (tertiary/aromatic N) is 7. The number of carbonyl (C=O) groups is 1. The van der Waals surface area contributed by atoms with E-state index in [0.717, 1.165) is 24.0 Å². The van der Waals surface area contributed by atoms with Gasteiger partial charge in [0, 0.05) is 30.4 Å². The van der Waals surface area contributed by atoms with Gasteiger partial charge in [0.1, 0.15) is 36.3 Å². The molecular weight excluding hydrogens is 508 g/mol. The van der Waals surface area contributed by atoms with Crippen LogP contribution in [0.15, 0.2) is 60.0 Å². The number of nitriles is 1. The average Bonchev–Trinajstić information content (AvgIpc) is 3.35. The van der Waals surface area contributed by atoms with E-state index in [2.05, 4.69) is 43.1 Å². The van der Waals surface area contributed by atoms with Crippen LogP contribution in [-0.2, 0) is 0 Å². The zero-order chi connectivity index (χ0) is 28.9. The first-order chi connectivity index (χ1) is 19.0. The normalized spacial score (nSPS) is 15.9. The molecule has 0 saturated carbocycles. The molecule has 0 spiro atoms. The van der Waals surface area contributed by atoms with Crippen molar-refractivity contribution < 1.29 is 14.6 Å². The number of aromatic nitrogens is 4. The number of pyridine rings is 1. The highest BCUT2D eigenvalue weighted by molar-refractivity contribution is 5.92. The second-order valence-electron chi connectivity index (χ2n) is 10.8. The van der Waals surface area contributed by atoms with Gasteiger partial charge in [-0.3, -0.25) is 4.79 Å². The summed E-state index contributed by atoms with van der Waals surface area (Å²) in [6, 6.07) is 5.64. The van der Waals surface area contributed by atoms with E-state index >= 15 is 0 Å². The molecule has 0 radical (unpaired) electrons. The van der Waals surface area contributed by atoms with Gasteiger partial charge >= 0.3 is 0 Å². The Hall–Kier alpha value is -4.56. The Kier molecular flexibility index (Phi) is 8.30. The monoisotopic (exact) mass is 542 g/mol. The number of rotatable bonds is 9. The third kappa shape index (κ3) is 6.71. The number of aliphatic hydroxyl groups is 1. The van der Waals surface area contributed by atoms with Crippen molar-refractivity contribution in [1.82, 2.24) is 29.8 Å². The quantitative estimate of drug-likeness (QED) is 0.310. The summed E-state index contributed by atoms with van der Waals surface area (Å²) < 4.78 is 7.43. The van der Waals surface area contributed by atoms with Crippen molar-refractivity contribution >= 4 is 23.7 Å². The van der Waals surface area contributed by atoms with Crippen molar-refractivity contribution in [2.45, 2.75) is 51.7 Å². The summed E-state index contributed by atoms with van der Waals surface area (Å²) in [5.74, 6) is 1.02. The lowest BCUT2D eigenvalue weighted by atomic mass is 9.89. The predicted octanol–water partition coefficient (Wildman–Crippen LogP) is 3.38. The molecule has 11 heteroatoms. The van der Waals surface area contributed by atoms with Gasteiger partial charge < -0.3 is 20.1 Å². The number of amides is 1. The van der Waals surface area contributed by atoms with Crippen LogP contribution in [0.25, 0.3) is 11.1 Å². The molecule has 0 bridgehead atoms. The average molecular weight is 543 g/mol. The summed E-state index contributed by atoms with van der Waals surface area (Å²) in [6.45, 7) is 12.6. The van der Waals surface area contributed by atoms with Gasteiger partial charge in [-0.25, -0.2) is 19.5 Å². The van der Waals surface area contributed by atoms with E-state index in [-0.39, 0.29) is 18.1 Å². The van der Waals surface area contributed by atoms with Gasteiger partial charge in [-0.15, -0.1) is 0 Å². The first-order valence-electron chi connectivity index (χ1n) is 13.0. The molecule has 1 amide bonds. The Labute approximate surface area is 233 Å². The minimum Gasteiger partial charge on any atom is -0.489 e. The SMILES string of the molecule is C=N/C(=C\C=C(/C)c1cc(OCC(C)(C)O)cn2ncc(C#N)c12)N1CCC(C)(NC(=O)c2ccncn2)CC1. The number of allylic oxidation sites excluding steroid dienone is 3. The Morgan fingerprint density at radius 3 is 2.75 bits per heavy atom. The van der Waals surface area contributed by atoms with Crippen LogP contribution in [0.2, 0.25) is 0 Å². The van der Waals surface area contributed by atoms with E-state index in [1.54, 1.807) is 36.8 Å². The molecule has 1 fully saturated rings. The number of ether oxygens (including phenoxy) is 1. The van der Waals surface area contributed by atoms with E-state index in [4.69, 9.17) is 4.74 Å². The van der Waals surface area contributed by atoms with Gasteiger partial charge in [-0.2, -0.15) is 10.4 Å². The second kappa shape index (κ2) is 11.7. The number of hydrogen-bond acceptors (Lipinski definition) is 9. The van der Waals surface area contributed by atoms with Crippen LogP contribution in [0, 0.1) is 11.3 Å². The zero-order valence-electron chi connectivity index (χ0n) is 23.3. The fraction of sp³-hybridized carbons (Fsp3) is 0.379. The van der Waals surface area contributed by atoms with E-state index in [9.17, 15) is 15.2 Å². The fourth-order valence-corrected chi connectivity index (χ4v) is 4.48. The number of hydrogen-bond donors (Lipinski definition) is 2. The van der Waals surface area contributed by atoms with Gasteiger partial charge in [0.05, 0.1) is 29.1 Å². The van der Waals surface area contributed by atoms with Gasteiger partial charge in [-0.05, 0) is 71.0 Å². The maximum atomic E-state index is 12.6. The Bertz CT molecular complexity index is 1490. The number of carbonyl (C=O) groups excluding carboxylic acids is 1. The minimum absolute atomic E-state index is 0.102. The van der Waals surface area contributed by atoms with E-state index in [1.807, 2.05) is 32.1 Å². The second-order valence-corrected chi connectivity index (χ2v) is 10.8. The number of likely N-dealkylation sites (tertiary alicyclic amines) is 1. The van der Waals surface area contributed by atoms with Gasteiger partial charge in [0.15, 0.2) is 0 Å². The predicted molar refractivity (Wildman–Crippen MR) is 152 cm³/mol. The Morgan fingerprint density at radius 1 is 1.38 bits per heavy atom. The Morgan fingerprint density at radius 2 is 2.12 bits per heavy atom. The van der Waals surface area contributed by atoms with Crippen molar-refractivity contribution in [2.75, 3.05) is 19.7 Å².